The Morgan fingerprint density at radius 1 is 1.60 bits per heavy atom. The highest BCUT2D eigenvalue weighted by Crippen LogP contribution is 2.23. The number of nitrogens with one attached hydrogen (secondary N) is 1. The van der Waals surface area contributed by atoms with E-state index in [2.05, 4.69) is 16.5 Å². The lowest BCUT2D eigenvalue weighted by molar-refractivity contribution is 0.0790. The number of methoxy groups -OCH3 is 1. The number of carbonyl (C=O) groups is 1. The minimum Gasteiger partial charge on any atom is -0.479 e. The molecule has 5 nitrogen and oxygen atoms in total. The number of nitrogens with zero attached hydrogens (tertiary/aromatic N) is 2. The molecule has 0 aliphatic carbocycles. The minimum atomic E-state index is -0.438. The zero-order valence-corrected chi connectivity index (χ0v) is 11.4. The van der Waals surface area contributed by atoms with Gasteiger partial charge in [-0.2, -0.15) is 0 Å². The van der Waals surface area contributed by atoms with Gasteiger partial charge in [-0.3, -0.25) is 4.79 Å². The van der Waals surface area contributed by atoms with Gasteiger partial charge in [-0.15, -0.1) is 0 Å². The van der Waals surface area contributed by atoms with Crippen molar-refractivity contribution in [2.45, 2.75) is 6.42 Å². The maximum absolute atomic E-state index is 12.6. The summed E-state index contributed by atoms with van der Waals surface area (Å²) in [6.07, 6.45) is 1.74. The number of aromatic amines is 1. The van der Waals surface area contributed by atoms with Crippen molar-refractivity contribution < 1.29 is 13.9 Å². The molecule has 0 saturated heterocycles. The summed E-state index contributed by atoms with van der Waals surface area (Å²) in [5, 5.41) is 0.837. The fraction of sp³-hybridized carbons (Fsp3) is 0.286. The van der Waals surface area contributed by atoms with Crippen LogP contribution in [0.4, 0.5) is 4.39 Å². The van der Waals surface area contributed by atoms with E-state index in [1.807, 2.05) is 0 Å². The lowest BCUT2D eigenvalue weighted by atomic mass is 10.3. The monoisotopic (exact) mass is 277 g/mol. The van der Waals surface area contributed by atoms with Gasteiger partial charge in [0.15, 0.2) is 0 Å². The van der Waals surface area contributed by atoms with E-state index < -0.39 is 5.83 Å². The van der Waals surface area contributed by atoms with Gasteiger partial charge in [-0.1, -0.05) is 6.58 Å². The Bertz CT molecular complexity index is 651. The topological polar surface area (TPSA) is 58.2 Å². The van der Waals surface area contributed by atoms with E-state index in [0.717, 1.165) is 5.39 Å². The average Bonchev–Trinajstić information content (AvgIpc) is 2.87. The van der Waals surface area contributed by atoms with Crippen LogP contribution in [0.25, 0.3) is 10.9 Å². The molecule has 2 rings (SSSR count). The summed E-state index contributed by atoms with van der Waals surface area (Å²) >= 11 is 0. The highest BCUT2D eigenvalue weighted by Gasteiger charge is 2.16. The van der Waals surface area contributed by atoms with Gasteiger partial charge < -0.3 is 14.6 Å². The lowest BCUT2D eigenvalue weighted by Crippen LogP contribution is -2.28. The number of hydrogen-bond donors (Lipinski definition) is 1. The van der Waals surface area contributed by atoms with E-state index in [1.54, 1.807) is 25.4 Å². The molecule has 0 unspecified atom stereocenters. The molecule has 20 heavy (non-hydrogen) atoms. The van der Waals surface area contributed by atoms with Crippen molar-refractivity contribution in [3.05, 3.63) is 36.4 Å². The van der Waals surface area contributed by atoms with Crippen molar-refractivity contribution in [3.63, 3.8) is 0 Å². The molecule has 106 valence electrons. The molecule has 0 saturated carbocycles. The smallest absolute Gasteiger partial charge is 0.270 e. The first-order chi connectivity index (χ1) is 9.52. The normalized spacial score (nSPS) is 10.6. The molecular weight excluding hydrogens is 261 g/mol. The van der Waals surface area contributed by atoms with Crippen LogP contribution in [0, 0.1) is 0 Å². The molecule has 0 bridgehead atoms. The molecule has 0 spiro atoms. The number of H-pyrrole nitrogens is 1. The zero-order valence-electron chi connectivity index (χ0n) is 11.4. The van der Waals surface area contributed by atoms with Crippen LogP contribution in [0.5, 0.6) is 5.88 Å². The fourth-order valence-electron chi connectivity index (χ4n) is 1.89. The molecule has 0 radical (unpaired) electrons. The Morgan fingerprint density at radius 2 is 2.35 bits per heavy atom. The highest BCUT2D eigenvalue weighted by atomic mass is 19.1. The van der Waals surface area contributed by atoms with E-state index in [0.29, 0.717) is 17.1 Å². The number of rotatable bonds is 5. The Hall–Kier alpha value is -2.37. The van der Waals surface area contributed by atoms with Crippen LogP contribution in [-0.2, 0) is 0 Å². The first kappa shape index (κ1) is 14.0. The summed E-state index contributed by atoms with van der Waals surface area (Å²) in [5.74, 6) is -0.224. The summed E-state index contributed by atoms with van der Waals surface area (Å²) in [7, 11) is 3.13. The first-order valence-electron chi connectivity index (χ1n) is 6.13. The largest absolute Gasteiger partial charge is 0.479 e. The second kappa shape index (κ2) is 5.73. The van der Waals surface area contributed by atoms with Gasteiger partial charge in [0.2, 0.25) is 5.88 Å². The van der Waals surface area contributed by atoms with Gasteiger partial charge in [0.25, 0.3) is 5.91 Å². The summed E-state index contributed by atoms with van der Waals surface area (Å²) in [6.45, 7) is 3.46. The average molecular weight is 277 g/mol. The highest BCUT2D eigenvalue weighted by molar-refractivity contribution is 5.98. The number of fused-ring (bicyclic) bond motifs is 1. The van der Waals surface area contributed by atoms with Crippen molar-refractivity contribution in [2.75, 3.05) is 20.7 Å². The molecule has 0 atom stereocenters. The predicted molar refractivity (Wildman–Crippen MR) is 74.5 cm³/mol. The number of aromatic nitrogens is 2. The molecule has 0 aliphatic heterocycles. The summed E-state index contributed by atoms with van der Waals surface area (Å²) in [4.78, 5) is 20.7. The van der Waals surface area contributed by atoms with E-state index in [1.165, 1.54) is 12.0 Å². The van der Waals surface area contributed by atoms with Crippen molar-refractivity contribution in [1.29, 1.82) is 0 Å². The Morgan fingerprint density at radius 3 is 3.00 bits per heavy atom. The molecule has 2 aromatic rings. The number of carbonyl (C=O) groups excluding carboxylic acids is 1. The van der Waals surface area contributed by atoms with Crippen LogP contribution in [0.15, 0.2) is 30.7 Å². The third-order valence-electron chi connectivity index (χ3n) is 3.00. The number of ether oxygens (including phenoxy) is 1. The van der Waals surface area contributed by atoms with Gasteiger partial charge in [0.1, 0.15) is 11.2 Å². The molecule has 1 amide bonds. The molecule has 0 fully saturated rings. The van der Waals surface area contributed by atoms with Crippen molar-refractivity contribution >= 4 is 16.8 Å². The van der Waals surface area contributed by atoms with E-state index in [9.17, 15) is 9.18 Å². The summed E-state index contributed by atoms with van der Waals surface area (Å²) < 4.78 is 17.8. The van der Waals surface area contributed by atoms with E-state index in [4.69, 9.17) is 4.74 Å². The quantitative estimate of drug-likeness (QED) is 0.913. The van der Waals surface area contributed by atoms with Gasteiger partial charge in [0.05, 0.1) is 12.9 Å². The second-order valence-corrected chi connectivity index (χ2v) is 4.46. The molecule has 0 aromatic carbocycles. The number of halogens is 1. The molecule has 1 N–H and O–H groups in total. The van der Waals surface area contributed by atoms with Gasteiger partial charge in [-0.05, 0) is 12.1 Å². The van der Waals surface area contributed by atoms with Crippen molar-refractivity contribution in [1.82, 2.24) is 14.9 Å². The number of hydrogen-bond acceptors (Lipinski definition) is 3. The zero-order chi connectivity index (χ0) is 14.7. The van der Waals surface area contributed by atoms with E-state index >= 15 is 0 Å². The molecule has 0 aliphatic rings. The minimum absolute atomic E-state index is 0.132. The maximum atomic E-state index is 12.6. The Balaban J connectivity index is 2.24. The Labute approximate surface area is 116 Å². The number of pyridine rings is 1. The van der Waals surface area contributed by atoms with Gasteiger partial charge in [-0.25, -0.2) is 9.37 Å². The SMILES string of the molecule is C=C(F)CCN(C)C(=O)c1cc2ccnc(OC)c2[nH]1. The summed E-state index contributed by atoms with van der Waals surface area (Å²) in [6, 6.07) is 3.51. The van der Waals surface area contributed by atoms with Crippen molar-refractivity contribution in [3.8, 4) is 5.88 Å². The summed E-state index contributed by atoms with van der Waals surface area (Å²) in [5.41, 5.74) is 1.08. The van der Waals surface area contributed by atoms with Crippen LogP contribution < -0.4 is 4.74 Å². The molecule has 2 aromatic heterocycles. The Kier molecular flexibility index (Phi) is 4.02. The van der Waals surface area contributed by atoms with Crippen LogP contribution in [0.1, 0.15) is 16.9 Å². The third-order valence-corrected chi connectivity index (χ3v) is 3.00. The second-order valence-electron chi connectivity index (χ2n) is 4.46. The maximum Gasteiger partial charge on any atom is 0.270 e. The van der Waals surface area contributed by atoms with Crippen LogP contribution in [-0.4, -0.2) is 41.5 Å². The van der Waals surface area contributed by atoms with Crippen molar-refractivity contribution in [2.24, 2.45) is 0 Å². The third kappa shape index (κ3) is 2.79. The van der Waals surface area contributed by atoms with Gasteiger partial charge >= 0.3 is 0 Å². The molecule has 2 heterocycles. The fourth-order valence-corrected chi connectivity index (χ4v) is 1.89. The van der Waals surface area contributed by atoms with Crippen LogP contribution in [0.2, 0.25) is 0 Å². The van der Waals surface area contributed by atoms with Crippen LogP contribution in [0.3, 0.4) is 0 Å². The number of amides is 1. The van der Waals surface area contributed by atoms with Crippen LogP contribution >= 0.6 is 0 Å². The molecular formula is C14H16FN3O2. The lowest BCUT2D eigenvalue weighted by Gasteiger charge is -2.15. The van der Waals surface area contributed by atoms with E-state index in [-0.39, 0.29) is 18.9 Å². The predicted octanol–water partition coefficient (Wildman–Crippen LogP) is 2.52. The first-order valence-corrected chi connectivity index (χ1v) is 6.13. The van der Waals surface area contributed by atoms with Gasteiger partial charge in [0, 0.05) is 31.6 Å². The standard InChI is InChI=1S/C14H16FN3O2/c1-9(15)5-7-18(2)14(19)11-8-10-4-6-16-13(20-3)12(10)17-11/h4,6,8,17H,1,5,7H2,2-3H3. The molecule has 6 heteroatoms.